The molecule has 0 saturated carbocycles. The maximum atomic E-state index is 7.53. The van der Waals surface area contributed by atoms with E-state index < -0.39 is 0 Å². The Morgan fingerprint density at radius 2 is 2.05 bits per heavy atom. The largest absolute Gasteiger partial charge is 0.387 e. The van der Waals surface area contributed by atoms with Crippen molar-refractivity contribution in [1.82, 2.24) is 14.7 Å². The van der Waals surface area contributed by atoms with Crippen LogP contribution in [-0.2, 0) is 19.5 Å². The molecule has 3 N–H and O–H groups in total. The molecule has 2 heterocycles. The van der Waals surface area contributed by atoms with Crippen LogP contribution in [-0.4, -0.2) is 33.6 Å². The fraction of sp³-hybridized carbons (Fsp3) is 0.714. The van der Waals surface area contributed by atoms with Gasteiger partial charge < -0.3 is 5.73 Å². The highest BCUT2D eigenvalue weighted by atomic mass is 35.5. The van der Waals surface area contributed by atoms with Crippen LogP contribution in [0.2, 0.25) is 5.02 Å². The van der Waals surface area contributed by atoms with Crippen LogP contribution in [0, 0.1) is 11.3 Å². The van der Waals surface area contributed by atoms with E-state index in [9.17, 15) is 0 Å². The van der Waals surface area contributed by atoms with Crippen molar-refractivity contribution in [3.05, 3.63) is 16.4 Å². The molecule has 1 aromatic rings. The van der Waals surface area contributed by atoms with Crippen molar-refractivity contribution in [2.75, 3.05) is 13.1 Å². The lowest BCUT2D eigenvalue weighted by Crippen LogP contribution is -2.38. The van der Waals surface area contributed by atoms with Gasteiger partial charge >= 0.3 is 0 Å². The van der Waals surface area contributed by atoms with Crippen LogP contribution in [0.25, 0.3) is 0 Å². The average Bonchev–Trinajstić information content (AvgIpc) is 2.76. The van der Waals surface area contributed by atoms with Gasteiger partial charge in [-0.2, -0.15) is 5.10 Å². The smallest absolute Gasteiger partial charge is 0.0937 e. The van der Waals surface area contributed by atoms with Gasteiger partial charge in [0.05, 0.1) is 22.2 Å². The Bertz CT molecular complexity index is 474. The third-order valence-electron chi connectivity index (χ3n) is 4.09. The number of aryl methyl sites for hydroxylation is 2. The lowest BCUT2D eigenvalue weighted by atomic mass is 9.96. The molecule has 2 rings (SSSR count). The number of amidine groups is 1. The van der Waals surface area contributed by atoms with Gasteiger partial charge in [0.25, 0.3) is 0 Å². The molecular formula is C14H24ClN5. The summed E-state index contributed by atoms with van der Waals surface area (Å²) in [5.41, 5.74) is 7.69. The predicted molar refractivity (Wildman–Crippen MR) is 82.2 cm³/mol. The standard InChI is InChI=1S/C14H24ClN5/c1-3-11-13(15)12(20(4-2)18-11)9-19-7-5-10(6-8-19)14(16)17/h10H,3-9H2,1-2H3,(H3,16,17). The molecule has 0 unspecified atom stereocenters. The molecule has 0 bridgehead atoms. The number of nitrogens with one attached hydrogen (secondary N) is 1. The second-order valence-corrected chi connectivity index (χ2v) is 5.76. The summed E-state index contributed by atoms with van der Waals surface area (Å²) in [5, 5.41) is 12.9. The zero-order chi connectivity index (χ0) is 14.7. The van der Waals surface area contributed by atoms with Gasteiger partial charge in [0.15, 0.2) is 0 Å². The minimum absolute atomic E-state index is 0.254. The molecule has 1 saturated heterocycles. The van der Waals surface area contributed by atoms with E-state index in [0.29, 0.717) is 5.84 Å². The van der Waals surface area contributed by atoms with Crippen molar-refractivity contribution in [2.24, 2.45) is 11.7 Å². The van der Waals surface area contributed by atoms with Gasteiger partial charge in [0.1, 0.15) is 0 Å². The van der Waals surface area contributed by atoms with Crippen LogP contribution in [0.4, 0.5) is 0 Å². The van der Waals surface area contributed by atoms with Crippen LogP contribution in [0.1, 0.15) is 38.1 Å². The van der Waals surface area contributed by atoms with Gasteiger partial charge in [0.2, 0.25) is 0 Å². The second kappa shape index (κ2) is 6.59. The highest BCUT2D eigenvalue weighted by Gasteiger charge is 2.23. The summed E-state index contributed by atoms with van der Waals surface area (Å²) >= 11 is 6.44. The maximum Gasteiger partial charge on any atom is 0.0937 e. The monoisotopic (exact) mass is 297 g/mol. The van der Waals surface area contributed by atoms with Crippen molar-refractivity contribution in [2.45, 2.75) is 46.2 Å². The number of hydrogen-bond donors (Lipinski definition) is 2. The molecule has 112 valence electrons. The summed E-state index contributed by atoms with van der Waals surface area (Å²) in [4.78, 5) is 2.38. The number of nitrogens with zero attached hydrogens (tertiary/aromatic N) is 3. The van der Waals surface area contributed by atoms with Crippen LogP contribution in [0.15, 0.2) is 0 Å². The van der Waals surface area contributed by atoms with Gasteiger partial charge in [0, 0.05) is 19.0 Å². The van der Waals surface area contributed by atoms with E-state index in [1.54, 1.807) is 0 Å². The molecule has 0 aliphatic carbocycles. The zero-order valence-corrected chi connectivity index (χ0v) is 13.1. The van der Waals surface area contributed by atoms with E-state index in [1.165, 1.54) is 0 Å². The summed E-state index contributed by atoms with van der Waals surface area (Å²) in [5.74, 6) is 0.582. The van der Waals surface area contributed by atoms with Gasteiger partial charge in [-0.3, -0.25) is 15.0 Å². The Morgan fingerprint density at radius 1 is 1.40 bits per heavy atom. The Kier molecular flexibility index (Phi) is 5.05. The summed E-state index contributed by atoms with van der Waals surface area (Å²) < 4.78 is 2.01. The predicted octanol–water partition coefficient (Wildman–Crippen LogP) is 2.27. The lowest BCUT2D eigenvalue weighted by molar-refractivity contribution is 0.196. The zero-order valence-electron chi connectivity index (χ0n) is 12.3. The first-order valence-electron chi connectivity index (χ1n) is 7.37. The summed E-state index contributed by atoms with van der Waals surface area (Å²) in [6.45, 7) is 7.79. The minimum atomic E-state index is 0.254. The Balaban J connectivity index is 2.04. The van der Waals surface area contributed by atoms with E-state index in [0.717, 1.165) is 61.9 Å². The first kappa shape index (κ1) is 15.3. The SMILES string of the molecule is CCc1nn(CC)c(CN2CCC(C(=N)N)CC2)c1Cl. The van der Waals surface area contributed by atoms with Crippen molar-refractivity contribution in [3.8, 4) is 0 Å². The fourth-order valence-electron chi connectivity index (χ4n) is 2.78. The molecule has 5 nitrogen and oxygen atoms in total. The van der Waals surface area contributed by atoms with Crippen LogP contribution >= 0.6 is 11.6 Å². The average molecular weight is 298 g/mol. The molecule has 0 radical (unpaired) electrons. The van der Waals surface area contributed by atoms with E-state index >= 15 is 0 Å². The van der Waals surface area contributed by atoms with Crippen molar-refractivity contribution >= 4 is 17.4 Å². The molecule has 6 heteroatoms. The third-order valence-corrected chi connectivity index (χ3v) is 4.53. The normalized spacial score (nSPS) is 17.6. The van der Waals surface area contributed by atoms with E-state index in [2.05, 4.69) is 23.8 Å². The maximum absolute atomic E-state index is 7.53. The number of rotatable bonds is 5. The molecular weight excluding hydrogens is 274 g/mol. The number of nitrogens with two attached hydrogens (primary N) is 1. The number of hydrogen-bond acceptors (Lipinski definition) is 3. The third kappa shape index (κ3) is 3.15. The van der Waals surface area contributed by atoms with Gasteiger partial charge in [-0.25, -0.2) is 0 Å². The van der Waals surface area contributed by atoms with E-state index in [-0.39, 0.29) is 5.92 Å². The van der Waals surface area contributed by atoms with E-state index in [1.807, 2.05) is 4.68 Å². The lowest BCUT2D eigenvalue weighted by Gasteiger charge is -2.31. The number of halogens is 1. The van der Waals surface area contributed by atoms with Gasteiger partial charge in [-0.1, -0.05) is 18.5 Å². The first-order valence-corrected chi connectivity index (χ1v) is 7.74. The summed E-state index contributed by atoms with van der Waals surface area (Å²) in [7, 11) is 0. The minimum Gasteiger partial charge on any atom is -0.387 e. The Hall–Kier alpha value is -1.07. The number of aromatic nitrogens is 2. The first-order chi connectivity index (χ1) is 9.56. The molecule has 0 amide bonds. The molecule has 1 aliphatic rings. The van der Waals surface area contributed by atoms with Gasteiger partial charge in [-0.05, 0) is 39.3 Å². The van der Waals surface area contributed by atoms with Crippen molar-refractivity contribution in [3.63, 3.8) is 0 Å². The fourth-order valence-corrected chi connectivity index (χ4v) is 3.11. The van der Waals surface area contributed by atoms with Crippen LogP contribution in [0.5, 0.6) is 0 Å². The molecule has 1 aliphatic heterocycles. The second-order valence-electron chi connectivity index (χ2n) is 5.38. The molecule has 0 atom stereocenters. The van der Waals surface area contributed by atoms with Crippen LogP contribution in [0.3, 0.4) is 0 Å². The molecule has 20 heavy (non-hydrogen) atoms. The Labute approximate surface area is 125 Å². The Morgan fingerprint density at radius 3 is 2.55 bits per heavy atom. The van der Waals surface area contributed by atoms with Crippen LogP contribution < -0.4 is 5.73 Å². The molecule has 0 aromatic carbocycles. The molecule has 0 spiro atoms. The highest BCUT2D eigenvalue weighted by Crippen LogP contribution is 2.25. The quantitative estimate of drug-likeness (QED) is 0.647. The highest BCUT2D eigenvalue weighted by molar-refractivity contribution is 6.31. The van der Waals surface area contributed by atoms with Crippen molar-refractivity contribution < 1.29 is 0 Å². The topological polar surface area (TPSA) is 70.9 Å². The van der Waals surface area contributed by atoms with E-state index in [4.69, 9.17) is 22.7 Å². The molecule has 1 fully saturated rings. The van der Waals surface area contributed by atoms with Gasteiger partial charge in [-0.15, -0.1) is 0 Å². The summed E-state index contributed by atoms with van der Waals surface area (Å²) in [6.07, 6.45) is 2.80. The number of piperidine rings is 1. The van der Waals surface area contributed by atoms with Crippen molar-refractivity contribution in [1.29, 1.82) is 5.41 Å². The molecule has 1 aromatic heterocycles. The number of likely N-dealkylation sites (tertiary alicyclic amines) is 1. The summed E-state index contributed by atoms with van der Waals surface area (Å²) in [6, 6.07) is 0.